The topological polar surface area (TPSA) is 50.4 Å². The highest BCUT2D eigenvalue weighted by Crippen LogP contribution is 2.38. The van der Waals surface area contributed by atoms with Gasteiger partial charge in [-0.15, -0.1) is 12.4 Å². The lowest BCUT2D eigenvalue weighted by Crippen LogP contribution is -2.53. The van der Waals surface area contributed by atoms with Gasteiger partial charge in [-0.1, -0.05) is 29.8 Å². The molecule has 0 unspecified atom stereocenters. The Morgan fingerprint density at radius 1 is 1.32 bits per heavy atom. The van der Waals surface area contributed by atoms with E-state index < -0.39 is 5.41 Å². The van der Waals surface area contributed by atoms with E-state index in [1.807, 2.05) is 24.3 Å². The summed E-state index contributed by atoms with van der Waals surface area (Å²) in [5.74, 6) is 0.642. The van der Waals surface area contributed by atoms with Gasteiger partial charge in [0, 0.05) is 43.8 Å². The van der Waals surface area contributed by atoms with Gasteiger partial charge in [0.2, 0.25) is 5.91 Å². The molecule has 0 atom stereocenters. The quantitative estimate of drug-likeness (QED) is 0.879. The number of benzene rings is 1. The average Bonchev–Trinajstić information content (AvgIpc) is 2.46. The number of hydrogen-bond donors (Lipinski definition) is 2. The second-order valence-corrected chi connectivity index (χ2v) is 6.32. The third-order valence-corrected chi connectivity index (χ3v) is 4.92. The molecule has 0 bridgehead atoms. The molecule has 0 radical (unpaired) electrons. The molecule has 6 heteroatoms. The van der Waals surface area contributed by atoms with Crippen LogP contribution in [0.2, 0.25) is 5.02 Å². The van der Waals surface area contributed by atoms with E-state index in [-0.39, 0.29) is 18.3 Å². The Balaban J connectivity index is 0.00000176. The van der Waals surface area contributed by atoms with Crippen molar-refractivity contribution in [3.8, 4) is 0 Å². The molecule has 0 spiro atoms. The van der Waals surface area contributed by atoms with Gasteiger partial charge in [-0.2, -0.15) is 0 Å². The molecule has 2 heterocycles. The number of halogens is 2. The minimum Gasteiger partial charge on any atom is -0.381 e. The highest BCUT2D eigenvalue weighted by Gasteiger charge is 2.43. The van der Waals surface area contributed by atoms with Crippen LogP contribution >= 0.6 is 24.0 Å². The molecule has 0 saturated carbocycles. The molecule has 2 N–H and O–H groups in total. The van der Waals surface area contributed by atoms with Gasteiger partial charge in [0.1, 0.15) is 0 Å². The Hall–Kier alpha value is -0.810. The van der Waals surface area contributed by atoms with Crippen LogP contribution in [0.1, 0.15) is 18.4 Å². The monoisotopic (exact) mass is 344 g/mol. The van der Waals surface area contributed by atoms with Crippen molar-refractivity contribution >= 4 is 29.9 Å². The van der Waals surface area contributed by atoms with E-state index in [0.29, 0.717) is 37.0 Å². The zero-order valence-corrected chi connectivity index (χ0v) is 14.0. The van der Waals surface area contributed by atoms with Crippen molar-refractivity contribution in [2.75, 3.05) is 32.8 Å². The first-order valence-electron chi connectivity index (χ1n) is 7.54. The molecular weight excluding hydrogens is 323 g/mol. The Bertz CT molecular complexity index is 515. The number of carbonyl (C=O) groups excluding carboxylic acids is 1. The maximum Gasteiger partial charge on any atom is 0.230 e. The van der Waals surface area contributed by atoms with Crippen LogP contribution in [-0.4, -0.2) is 38.8 Å². The van der Waals surface area contributed by atoms with E-state index in [4.69, 9.17) is 16.3 Å². The fraction of sp³-hybridized carbons (Fsp3) is 0.562. The molecule has 1 aromatic carbocycles. The van der Waals surface area contributed by atoms with Crippen LogP contribution < -0.4 is 10.6 Å². The van der Waals surface area contributed by atoms with Crippen LogP contribution in [0.3, 0.4) is 0 Å². The van der Waals surface area contributed by atoms with Crippen LogP contribution in [0, 0.1) is 5.92 Å². The fourth-order valence-electron chi connectivity index (χ4n) is 3.09. The van der Waals surface area contributed by atoms with Crippen molar-refractivity contribution in [3.63, 3.8) is 0 Å². The first-order valence-corrected chi connectivity index (χ1v) is 7.92. The van der Waals surface area contributed by atoms with Gasteiger partial charge in [0.25, 0.3) is 0 Å². The molecule has 4 nitrogen and oxygen atoms in total. The Morgan fingerprint density at radius 2 is 2.00 bits per heavy atom. The molecule has 1 aromatic rings. The highest BCUT2D eigenvalue weighted by molar-refractivity contribution is 6.31. The second-order valence-electron chi connectivity index (χ2n) is 5.91. The van der Waals surface area contributed by atoms with Gasteiger partial charge in [0.05, 0.1) is 5.41 Å². The van der Waals surface area contributed by atoms with E-state index in [0.717, 1.165) is 25.2 Å². The SMILES string of the molecule is Cl.O=C(NCC1CNC1)C1(c2ccccc2Cl)CCOCC1. The van der Waals surface area contributed by atoms with E-state index in [2.05, 4.69) is 10.6 Å². The van der Waals surface area contributed by atoms with E-state index in [1.165, 1.54) is 0 Å². The number of amides is 1. The lowest BCUT2D eigenvalue weighted by molar-refractivity contribution is -0.130. The first kappa shape index (κ1) is 17.5. The van der Waals surface area contributed by atoms with Gasteiger partial charge in [-0.3, -0.25) is 4.79 Å². The van der Waals surface area contributed by atoms with Crippen molar-refractivity contribution in [2.45, 2.75) is 18.3 Å². The molecule has 2 fully saturated rings. The van der Waals surface area contributed by atoms with Gasteiger partial charge >= 0.3 is 0 Å². The van der Waals surface area contributed by atoms with E-state index in [9.17, 15) is 4.79 Å². The van der Waals surface area contributed by atoms with E-state index in [1.54, 1.807) is 0 Å². The number of rotatable bonds is 4. The summed E-state index contributed by atoms with van der Waals surface area (Å²) in [4.78, 5) is 12.9. The zero-order valence-electron chi connectivity index (χ0n) is 12.4. The molecular formula is C16H22Cl2N2O2. The lowest BCUT2D eigenvalue weighted by atomic mass is 9.73. The van der Waals surface area contributed by atoms with Crippen LogP contribution in [-0.2, 0) is 14.9 Å². The fourth-order valence-corrected chi connectivity index (χ4v) is 3.40. The van der Waals surface area contributed by atoms with Crippen LogP contribution in [0.5, 0.6) is 0 Å². The molecule has 122 valence electrons. The second kappa shape index (κ2) is 7.64. The van der Waals surface area contributed by atoms with Gasteiger partial charge in [-0.25, -0.2) is 0 Å². The van der Waals surface area contributed by atoms with Gasteiger partial charge in [-0.05, 0) is 24.5 Å². The number of nitrogens with one attached hydrogen (secondary N) is 2. The predicted octanol–water partition coefficient (Wildman–Crippen LogP) is 2.15. The van der Waals surface area contributed by atoms with Crippen molar-refractivity contribution in [2.24, 2.45) is 5.92 Å². The Morgan fingerprint density at radius 3 is 2.59 bits per heavy atom. The third-order valence-electron chi connectivity index (χ3n) is 4.59. The molecule has 2 saturated heterocycles. The standard InChI is InChI=1S/C16H21ClN2O2.ClH/c17-14-4-2-1-3-13(14)16(5-7-21-8-6-16)15(20)19-11-12-9-18-10-12;/h1-4,12,18H,5-11H2,(H,19,20);1H. The highest BCUT2D eigenvalue weighted by atomic mass is 35.5. The van der Waals surface area contributed by atoms with Gasteiger partial charge < -0.3 is 15.4 Å². The van der Waals surface area contributed by atoms with Crippen LogP contribution in [0.15, 0.2) is 24.3 Å². The van der Waals surface area contributed by atoms with Crippen molar-refractivity contribution < 1.29 is 9.53 Å². The number of ether oxygens (including phenoxy) is 1. The minimum absolute atomic E-state index is 0. The normalized spacial score (nSPS) is 20.6. The molecule has 1 amide bonds. The Labute approximate surface area is 142 Å². The summed E-state index contributed by atoms with van der Waals surface area (Å²) in [7, 11) is 0. The molecule has 22 heavy (non-hydrogen) atoms. The summed E-state index contributed by atoms with van der Waals surface area (Å²) in [6, 6.07) is 7.67. The summed E-state index contributed by atoms with van der Waals surface area (Å²) in [5, 5.41) is 7.02. The maximum atomic E-state index is 12.9. The van der Waals surface area contributed by atoms with Crippen molar-refractivity contribution in [1.82, 2.24) is 10.6 Å². The summed E-state index contributed by atoms with van der Waals surface area (Å²) < 4.78 is 5.46. The smallest absolute Gasteiger partial charge is 0.230 e. The predicted molar refractivity (Wildman–Crippen MR) is 89.8 cm³/mol. The molecule has 2 aliphatic heterocycles. The first-order chi connectivity index (χ1) is 10.2. The lowest BCUT2D eigenvalue weighted by Gasteiger charge is -2.37. The summed E-state index contributed by atoms with van der Waals surface area (Å²) in [6.07, 6.45) is 1.37. The third kappa shape index (κ3) is 3.40. The summed E-state index contributed by atoms with van der Waals surface area (Å²) in [5.41, 5.74) is 0.382. The molecule has 0 aromatic heterocycles. The zero-order chi connectivity index (χ0) is 14.7. The molecule has 2 aliphatic rings. The minimum atomic E-state index is -0.548. The summed E-state index contributed by atoms with van der Waals surface area (Å²) >= 11 is 6.36. The number of hydrogen-bond acceptors (Lipinski definition) is 3. The maximum absolute atomic E-state index is 12.9. The average molecular weight is 345 g/mol. The Kier molecular flexibility index (Phi) is 6.09. The van der Waals surface area contributed by atoms with E-state index >= 15 is 0 Å². The summed E-state index contributed by atoms with van der Waals surface area (Å²) in [6.45, 7) is 3.91. The molecule has 3 rings (SSSR count). The van der Waals surface area contributed by atoms with Crippen molar-refractivity contribution in [1.29, 1.82) is 0 Å². The number of carbonyl (C=O) groups is 1. The van der Waals surface area contributed by atoms with Crippen LogP contribution in [0.25, 0.3) is 0 Å². The van der Waals surface area contributed by atoms with Crippen LogP contribution in [0.4, 0.5) is 0 Å². The largest absolute Gasteiger partial charge is 0.381 e. The van der Waals surface area contributed by atoms with Gasteiger partial charge in [0.15, 0.2) is 0 Å². The van der Waals surface area contributed by atoms with Crippen molar-refractivity contribution in [3.05, 3.63) is 34.9 Å². The molecule has 0 aliphatic carbocycles.